The summed E-state index contributed by atoms with van der Waals surface area (Å²) in [5.74, 6) is 0.961. The molecule has 0 aliphatic carbocycles. The quantitative estimate of drug-likeness (QED) is 0.631. The van der Waals surface area contributed by atoms with Crippen molar-refractivity contribution in [2.45, 2.75) is 13.5 Å². The third-order valence-corrected chi connectivity index (χ3v) is 5.22. The van der Waals surface area contributed by atoms with Gasteiger partial charge in [-0.2, -0.15) is 0 Å². The molecule has 0 unspecified atom stereocenters. The molecule has 0 aromatic heterocycles. The van der Waals surface area contributed by atoms with Crippen molar-refractivity contribution in [3.8, 4) is 17.2 Å². The van der Waals surface area contributed by atoms with E-state index in [4.69, 9.17) is 14.2 Å². The highest BCUT2D eigenvalue weighted by atomic mass is 32.2. The molecule has 158 valence electrons. The van der Waals surface area contributed by atoms with Gasteiger partial charge in [0.1, 0.15) is 23.8 Å². The highest BCUT2D eigenvalue weighted by molar-refractivity contribution is 7.92. The van der Waals surface area contributed by atoms with Gasteiger partial charge in [0, 0.05) is 18.2 Å². The molecule has 0 aliphatic heterocycles. The molecule has 0 radical (unpaired) electrons. The first kappa shape index (κ1) is 22.4. The second-order valence-electron chi connectivity index (χ2n) is 6.12. The van der Waals surface area contributed by atoms with Crippen LogP contribution in [0.2, 0.25) is 0 Å². The summed E-state index contributed by atoms with van der Waals surface area (Å²) in [6, 6.07) is 12.1. The van der Waals surface area contributed by atoms with Crippen molar-refractivity contribution < 1.29 is 27.4 Å². The Morgan fingerprint density at radius 1 is 1.07 bits per heavy atom. The number of anilines is 1. The van der Waals surface area contributed by atoms with E-state index in [1.54, 1.807) is 12.1 Å². The molecular weight excluding hydrogens is 396 g/mol. The van der Waals surface area contributed by atoms with Crippen LogP contribution in [0.5, 0.6) is 17.2 Å². The Morgan fingerprint density at radius 3 is 2.41 bits per heavy atom. The second kappa shape index (κ2) is 10.0. The molecule has 0 aliphatic rings. The van der Waals surface area contributed by atoms with Crippen LogP contribution >= 0.6 is 0 Å². The van der Waals surface area contributed by atoms with Crippen molar-refractivity contribution in [1.29, 1.82) is 0 Å². The van der Waals surface area contributed by atoms with Gasteiger partial charge in [0.05, 0.1) is 32.8 Å². The van der Waals surface area contributed by atoms with Gasteiger partial charge in [0.15, 0.2) is 0 Å². The number of benzene rings is 2. The lowest BCUT2D eigenvalue weighted by atomic mass is 10.2. The van der Waals surface area contributed by atoms with Crippen LogP contribution in [0.3, 0.4) is 0 Å². The number of hydrogen-bond acceptors (Lipinski definition) is 6. The minimum absolute atomic E-state index is 0.210. The van der Waals surface area contributed by atoms with Gasteiger partial charge in [-0.25, -0.2) is 8.42 Å². The first-order valence-corrected chi connectivity index (χ1v) is 10.8. The minimum Gasteiger partial charge on any atom is -0.497 e. The zero-order valence-electron chi connectivity index (χ0n) is 17.0. The lowest BCUT2D eigenvalue weighted by Crippen LogP contribution is -2.40. The largest absolute Gasteiger partial charge is 0.497 e. The number of nitrogens with zero attached hydrogens (tertiary/aromatic N) is 1. The molecule has 2 aromatic carbocycles. The van der Waals surface area contributed by atoms with E-state index in [2.05, 4.69) is 5.32 Å². The molecule has 29 heavy (non-hydrogen) atoms. The molecular formula is C20H26N2O6S. The SMILES string of the molecule is CCOc1ccccc1CNC(=O)CN(c1cc(OC)ccc1OC)S(C)(=O)=O. The molecule has 9 heteroatoms. The van der Waals surface area contributed by atoms with E-state index in [9.17, 15) is 13.2 Å². The van der Waals surface area contributed by atoms with Gasteiger partial charge < -0.3 is 19.5 Å². The van der Waals surface area contributed by atoms with E-state index < -0.39 is 22.5 Å². The smallest absolute Gasteiger partial charge is 0.241 e. The van der Waals surface area contributed by atoms with Crippen LogP contribution in [0.15, 0.2) is 42.5 Å². The van der Waals surface area contributed by atoms with Crippen molar-refractivity contribution in [1.82, 2.24) is 5.32 Å². The molecule has 0 saturated heterocycles. The highest BCUT2D eigenvalue weighted by Crippen LogP contribution is 2.33. The number of carbonyl (C=O) groups is 1. The van der Waals surface area contributed by atoms with E-state index in [1.165, 1.54) is 20.3 Å². The number of rotatable bonds is 10. The number of hydrogen-bond donors (Lipinski definition) is 1. The monoisotopic (exact) mass is 422 g/mol. The highest BCUT2D eigenvalue weighted by Gasteiger charge is 2.24. The predicted octanol–water partition coefficient (Wildman–Crippen LogP) is 2.18. The van der Waals surface area contributed by atoms with Crippen LogP contribution < -0.4 is 23.8 Å². The van der Waals surface area contributed by atoms with E-state index in [0.29, 0.717) is 23.9 Å². The predicted molar refractivity (Wildman–Crippen MR) is 111 cm³/mol. The maximum atomic E-state index is 12.5. The Morgan fingerprint density at radius 2 is 1.79 bits per heavy atom. The van der Waals surface area contributed by atoms with E-state index >= 15 is 0 Å². The third kappa shape index (κ3) is 6.02. The zero-order valence-corrected chi connectivity index (χ0v) is 17.8. The zero-order chi connectivity index (χ0) is 21.4. The molecule has 2 aromatic rings. The van der Waals surface area contributed by atoms with Gasteiger partial charge in [-0.05, 0) is 25.1 Å². The molecule has 8 nitrogen and oxygen atoms in total. The summed E-state index contributed by atoms with van der Waals surface area (Å²) < 4.78 is 41.7. The number of methoxy groups -OCH3 is 2. The molecule has 0 saturated carbocycles. The van der Waals surface area contributed by atoms with Crippen LogP contribution in [0, 0.1) is 0 Å². The van der Waals surface area contributed by atoms with E-state index in [-0.39, 0.29) is 12.2 Å². The number of nitrogens with one attached hydrogen (secondary N) is 1. The molecule has 1 amide bonds. The number of ether oxygens (including phenoxy) is 3. The average molecular weight is 423 g/mol. The van der Waals surface area contributed by atoms with Crippen LogP contribution in [0.1, 0.15) is 12.5 Å². The van der Waals surface area contributed by atoms with Crippen molar-refractivity contribution in [2.75, 3.05) is 37.9 Å². The van der Waals surface area contributed by atoms with Gasteiger partial charge in [0.2, 0.25) is 15.9 Å². The summed E-state index contributed by atoms with van der Waals surface area (Å²) in [5.41, 5.74) is 1.02. The average Bonchev–Trinajstić information content (AvgIpc) is 2.70. The first-order valence-electron chi connectivity index (χ1n) is 8.97. The van der Waals surface area contributed by atoms with Crippen molar-refractivity contribution in [2.24, 2.45) is 0 Å². The minimum atomic E-state index is -3.76. The van der Waals surface area contributed by atoms with Crippen molar-refractivity contribution >= 4 is 21.6 Å². The number of para-hydroxylation sites is 1. The summed E-state index contributed by atoms with van der Waals surface area (Å²) in [6.45, 7) is 2.18. The Labute approximate surface area is 171 Å². The summed E-state index contributed by atoms with van der Waals surface area (Å²) in [4.78, 5) is 12.5. The summed E-state index contributed by atoms with van der Waals surface area (Å²) >= 11 is 0. The Hall–Kier alpha value is -2.94. The van der Waals surface area contributed by atoms with Crippen LogP contribution in [0.4, 0.5) is 5.69 Å². The van der Waals surface area contributed by atoms with Gasteiger partial charge in [-0.1, -0.05) is 18.2 Å². The summed E-state index contributed by atoms with van der Waals surface area (Å²) in [7, 11) is -0.860. The standard InChI is InChI=1S/C20H26N2O6S/c1-5-28-18-9-7-6-8-15(18)13-21-20(23)14-22(29(4,24)25)17-12-16(26-2)10-11-19(17)27-3/h6-12H,5,13-14H2,1-4H3,(H,21,23). The fourth-order valence-electron chi connectivity index (χ4n) is 2.70. The van der Waals surface area contributed by atoms with Crippen LogP contribution in [0.25, 0.3) is 0 Å². The lowest BCUT2D eigenvalue weighted by molar-refractivity contribution is -0.119. The van der Waals surface area contributed by atoms with Gasteiger partial charge in [0.25, 0.3) is 0 Å². The topological polar surface area (TPSA) is 94.2 Å². The van der Waals surface area contributed by atoms with Crippen molar-refractivity contribution in [3.05, 3.63) is 48.0 Å². The fraction of sp³-hybridized carbons (Fsp3) is 0.350. The number of sulfonamides is 1. The van der Waals surface area contributed by atoms with Gasteiger partial charge in [-0.15, -0.1) is 0 Å². The normalized spacial score (nSPS) is 10.9. The second-order valence-corrected chi connectivity index (χ2v) is 8.03. The van der Waals surface area contributed by atoms with Crippen molar-refractivity contribution in [3.63, 3.8) is 0 Å². The fourth-order valence-corrected chi connectivity index (χ4v) is 3.55. The summed E-state index contributed by atoms with van der Waals surface area (Å²) in [6.07, 6.45) is 1.03. The first-order chi connectivity index (χ1) is 13.8. The van der Waals surface area contributed by atoms with Crippen LogP contribution in [-0.4, -0.2) is 48.0 Å². The molecule has 0 atom stereocenters. The molecule has 2 rings (SSSR count). The molecule has 0 spiro atoms. The molecule has 1 N–H and O–H groups in total. The number of amides is 1. The third-order valence-electron chi connectivity index (χ3n) is 4.09. The van der Waals surface area contributed by atoms with Gasteiger partial charge in [-0.3, -0.25) is 9.10 Å². The Balaban J connectivity index is 2.21. The maximum Gasteiger partial charge on any atom is 0.241 e. The molecule has 0 bridgehead atoms. The molecule has 0 heterocycles. The van der Waals surface area contributed by atoms with Gasteiger partial charge >= 0.3 is 0 Å². The lowest BCUT2D eigenvalue weighted by Gasteiger charge is -2.24. The maximum absolute atomic E-state index is 12.5. The Bertz CT molecular complexity index is 946. The van der Waals surface area contributed by atoms with E-state index in [0.717, 1.165) is 16.1 Å². The number of carbonyl (C=O) groups excluding carboxylic acids is 1. The van der Waals surface area contributed by atoms with Crippen LogP contribution in [-0.2, 0) is 21.4 Å². The van der Waals surface area contributed by atoms with E-state index in [1.807, 2.05) is 31.2 Å². The molecule has 0 fully saturated rings. The summed E-state index contributed by atoms with van der Waals surface area (Å²) in [5, 5.41) is 2.74. The Kier molecular flexibility index (Phi) is 7.72.